The predicted molar refractivity (Wildman–Crippen MR) is 70.4 cm³/mol. The van der Waals surface area contributed by atoms with Crippen molar-refractivity contribution in [3.05, 3.63) is 16.3 Å². The number of thiophene rings is 1. The van der Waals surface area contributed by atoms with Gasteiger partial charge in [0.25, 0.3) is 5.92 Å². The summed E-state index contributed by atoms with van der Waals surface area (Å²) in [6.07, 6.45) is -1.30. The molecule has 6 nitrogen and oxygen atoms in total. The molecule has 0 spiro atoms. The first-order valence-corrected chi connectivity index (χ1v) is 8.18. The Balaban J connectivity index is 2.21. The standard InChI is InChI=1S/C11H13F2NO5S2/c1-19-6-10(4-11(12,13)5-10)14-21(17,18)7-2-8(9(15)16)20-3-7/h2-3,14H,4-6H2,1H3,(H,15,16). The summed E-state index contributed by atoms with van der Waals surface area (Å²) in [5.74, 6) is -4.18. The summed E-state index contributed by atoms with van der Waals surface area (Å²) in [6, 6.07) is 0.993. The van der Waals surface area contributed by atoms with Crippen molar-refractivity contribution in [3.63, 3.8) is 0 Å². The fourth-order valence-electron chi connectivity index (χ4n) is 2.33. The molecule has 1 aromatic rings. The van der Waals surface area contributed by atoms with Gasteiger partial charge in [-0.15, -0.1) is 11.3 Å². The molecule has 0 amide bonds. The maximum absolute atomic E-state index is 13.1. The molecule has 2 N–H and O–H groups in total. The summed E-state index contributed by atoms with van der Waals surface area (Å²) >= 11 is 0.751. The van der Waals surface area contributed by atoms with Gasteiger partial charge in [-0.1, -0.05) is 0 Å². The quantitative estimate of drug-likeness (QED) is 0.819. The first kappa shape index (κ1) is 16.3. The third-order valence-electron chi connectivity index (χ3n) is 3.06. The van der Waals surface area contributed by atoms with Gasteiger partial charge >= 0.3 is 5.97 Å². The van der Waals surface area contributed by atoms with Crippen molar-refractivity contribution in [2.45, 2.75) is 29.2 Å². The first-order valence-electron chi connectivity index (χ1n) is 5.82. The number of sulfonamides is 1. The fourth-order valence-corrected chi connectivity index (χ4v) is 4.83. The van der Waals surface area contributed by atoms with E-state index in [4.69, 9.17) is 9.84 Å². The molecule has 0 radical (unpaired) electrons. The number of ether oxygens (including phenoxy) is 1. The van der Waals surface area contributed by atoms with Crippen LogP contribution in [-0.4, -0.2) is 44.7 Å². The minimum atomic E-state index is -4.08. The van der Waals surface area contributed by atoms with E-state index in [0.29, 0.717) is 0 Å². The second-order valence-electron chi connectivity index (χ2n) is 4.98. The number of halogens is 2. The summed E-state index contributed by atoms with van der Waals surface area (Å²) < 4.78 is 57.5. The number of alkyl halides is 2. The third-order valence-corrected chi connectivity index (χ3v) is 5.69. The van der Waals surface area contributed by atoms with Crippen molar-refractivity contribution in [1.82, 2.24) is 4.72 Å². The van der Waals surface area contributed by atoms with Crippen LogP contribution in [0.2, 0.25) is 0 Å². The molecule has 1 saturated carbocycles. The molecule has 1 aliphatic rings. The van der Waals surface area contributed by atoms with E-state index in [1.807, 2.05) is 0 Å². The summed E-state index contributed by atoms with van der Waals surface area (Å²) in [5.41, 5.74) is -1.36. The molecule has 118 valence electrons. The Morgan fingerprint density at radius 1 is 1.52 bits per heavy atom. The lowest BCUT2D eigenvalue weighted by atomic mass is 9.75. The van der Waals surface area contributed by atoms with Crippen LogP contribution in [0, 0.1) is 0 Å². The highest BCUT2D eigenvalue weighted by Gasteiger charge is 2.58. The van der Waals surface area contributed by atoms with Crippen LogP contribution in [-0.2, 0) is 14.8 Å². The summed E-state index contributed by atoms with van der Waals surface area (Å²) in [6.45, 7) is -0.183. The highest BCUT2D eigenvalue weighted by Crippen LogP contribution is 2.46. The monoisotopic (exact) mass is 341 g/mol. The predicted octanol–water partition coefficient (Wildman–Crippen LogP) is 1.54. The minimum absolute atomic E-state index is 0.143. The minimum Gasteiger partial charge on any atom is -0.477 e. The maximum Gasteiger partial charge on any atom is 0.345 e. The maximum atomic E-state index is 13.1. The van der Waals surface area contributed by atoms with E-state index in [1.165, 1.54) is 7.11 Å². The molecule has 10 heteroatoms. The zero-order chi connectivity index (χ0) is 15.9. The number of carboxylic acid groups (broad SMARTS) is 1. The van der Waals surface area contributed by atoms with Gasteiger partial charge in [0.1, 0.15) is 4.88 Å². The van der Waals surface area contributed by atoms with Crippen LogP contribution in [0.1, 0.15) is 22.5 Å². The summed E-state index contributed by atoms with van der Waals surface area (Å²) in [5, 5.41) is 9.94. The van der Waals surface area contributed by atoms with Gasteiger partial charge < -0.3 is 9.84 Å². The van der Waals surface area contributed by atoms with Gasteiger partial charge in [-0.05, 0) is 6.07 Å². The summed E-state index contributed by atoms with van der Waals surface area (Å²) in [4.78, 5) is 10.4. The van der Waals surface area contributed by atoms with E-state index >= 15 is 0 Å². The van der Waals surface area contributed by atoms with E-state index < -0.39 is 40.3 Å². The Kier molecular flexibility index (Phi) is 4.08. The van der Waals surface area contributed by atoms with E-state index in [2.05, 4.69) is 4.72 Å². The number of carbonyl (C=O) groups is 1. The van der Waals surface area contributed by atoms with Crippen LogP contribution in [0.4, 0.5) is 8.78 Å². The zero-order valence-electron chi connectivity index (χ0n) is 10.9. The van der Waals surface area contributed by atoms with Crippen LogP contribution < -0.4 is 4.72 Å². The van der Waals surface area contributed by atoms with Crippen molar-refractivity contribution in [2.75, 3.05) is 13.7 Å². The van der Waals surface area contributed by atoms with E-state index in [0.717, 1.165) is 22.8 Å². The molecular weight excluding hydrogens is 328 g/mol. The topological polar surface area (TPSA) is 92.7 Å². The number of hydrogen-bond donors (Lipinski definition) is 2. The third kappa shape index (κ3) is 3.39. The number of methoxy groups -OCH3 is 1. The second kappa shape index (κ2) is 5.27. The molecule has 0 atom stereocenters. The molecule has 1 aliphatic carbocycles. The van der Waals surface area contributed by atoms with Gasteiger partial charge in [-0.3, -0.25) is 0 Å². The number of carboxylic acids is 1. The van der Waals surface area contributed by atoms with Crippen molar-refractivity contribution in [2.24, 2.45) is 0 Å². The normalized spacial score (nSPS) is 20.0. The van der Waals surface area contributed by atoms with Gasteiger partial charge in [-0.25, -0.2) is 26.7 Å². The first-order chi connectivity index (χ1) is 9.59. The molecule has 0 unspecified atom stereocenters. The molecule has 1 fully saturated rings. The van der Waals surface area contributed by atoms with Crippen LogP contribution in [0.3, 0.4) is 0 Å². The van der Waals surface area contributed by atoms with E-state index in [-0.39, 0.29) is 16.4 Å². The van der Waals surface area contributed by atoms with Gasteiger partial charge in [0.15, 0.2) is 0 Å². The molecule has 0 bridgehead atoms. The van der Waals surface area contributed by atoms with Crippen LogP contribution in [0.15, 0.2) is 16.3 Å². The molecule has 0 aliphatic heterocycles. The van der Waals surface area contributed by atoms with Crippen molar-refractivity contribution < 1.29 is 31.8 Å². The largest absolute Gasteiger partial charge is 0.477 e. The lowest BCUT2D eigenvalue weighted by Crippen LogP contribution is -2.64. The van der Waals surface area contributed by atoms with E-state index in [9.17, 15) is 22.0 Å². The Hall–Kier alpha value is -1.10. The number of rotatable bonds is 6. The molecule has 21 heavy (non-hydrogen) atoms. The molecule has 1 heterocycles. The SMILES string of the molecule is COCC1(NS(=O)(=O)c2csc(C(=O)O)c2)CC(F)(F)C1. The lowest BCUT2D eigenvalue weighted by Gasteiger charge is -2.46. The highest BCUT2D eigenvalue weighted by atomic mass is 32.2. The van der Waals surface area contributed by atoms with Crippen molar-refractivity contribution in [3.8, 4) is 0 Å². The van der Waals surface area contributed by atoms with Gasteiger partial charge in [0, 0.05) is 25.3 Å². The molecule has 2 rings (SSSR count). The smallest absolute Gasteiger partial charge is 0.345 e. The highest BCUT2D eigenvalue weighted by molar-refractivity contribution is 7.89. The summed E-state index contributed by atoms with van der Waals surface area (Å²) in [7, 11) is -2.79. The molecular formula is C11H13F2NO5S2. The second-order valence-corrected chi connectivity index (χ2v) is 7.57. The van der Waals surface area contributed by atoms with Crippen LogP contribution in [0.25, 0.3) is 0 Å². The Morgan fingerprint density at radius 3 is 2.57 bits per heavy atom. The Bertz CT molecular complexity index is 647. The van der Waals surface area contributed by atoms with Gasteiger partial charge in [-0.2, -0.15) is 0 Å². The van der Waals surface area contributed by atoms with Crippen LogP contribution in [0.5, 0.6) is 0 Å². The average molecular weight is 341 g/mol. The zero-order valence-corrected chi connectivity index (χ0v) is 12.6. The van der Waals surface area contributed by atoms with Gasteiger partial charge in [0.2, 0.25) is 10.0 Å². The number of hydrogen-bond acceptors (Lipinski definition) is 5. The Labute approximate surface area is 123 Å². The molecule has 1 aromatic heterocycles. The fraction of sp³-hybridized carbons (Fsp3) is 0.545. The van der Waals surface area contributed by atoms with Crippen LogP contribution >= 0.6 is 11.3 Å². The van der Waals surface area contributed by atoms with Crippen molar-refractivity contribution in [1.29, 1.82) is 0 Å². The van der Waals surface area contributed by atoms with Gasteiger partial charge in [0.05, 0.1) is 17.0 Å². The lowest BCUT2D eigenvalue weighted by molar-refractivity contribution is -0.143. The number of nitrogens with one attached hydrogen (secondary N) is 1. The Morgan fingerprint density at radius 2 is 2.14 bits per heavy atom. The molecule has 0 aromatic carbocycles. The van der Waals surface area contributed by atoms with E-state index in [1.54, 1.807) is 0 Å². The van der Waals surface area contributed by atoms with Crippen molar-refractivity contribution >= 4 is 27.3 Å². The average Bonchev–Trinajstić information content (AvgIpc) is 2.75. The number of aromatic carboxylic acids is 1. The molecule has 0 saturated heterocycles.